The second-order valence-electron chi connectivity index (χ2n) is 16.8. The van der Waals surface area contributed by atoms with Crippen LogP contribution < -0.4 is 0 Å². The Bertz CT molecular complexity index is 986. The fraction of sp³-hybridized carbons (Fsp3) is 0.919. The van der Waals surface area contributed by atoms with Crippen LogP contribution in [0.15, 0.2) is 11.6 Å². The Morgan fingerprint density at radius 1 is 1.07 bits per heavy atom. The zero-order valence-corrected chi connectivity index (χ0v) is 30.7. The molecule has 4 aliphatic carbocycles. The number of methoxy groups -OCH3 is 1. The Labute approximate surface area is 265 Å². The molecule has 248 valence electrons. The topological polar surface area (TPSA) is 54.0 Å². The van der Waals surface area contributed by atoms with Crippen LogP contribution >= 0.6 is 0 Å². The zero-order chi connectivity index (χ0) is 31.8. The summed E-state index contributed by atoms with van der Waals surface area (Å²) in [6.07, 6.45) is 14.7. The maximum absolute atomic E-state index is 12.7. The van der Waals surface area contributed by atoms with E-state index in [2.05, 4.69) is 67.6 Å². The average molecular weight is 619 g/mol. The Kier molecular flexibility index (Phi) is 11.1. The highest BCUT2D eigenvalue weighted by Gasteiger charge is 2.60. The Hall–Kier alpha value is -0.693. The quantitative estimate of drug-likeness (QED) is 0.0943. The van der Waals surface area contributed by atoms with Crippen LogP contribution in [0.5, 0.6) is 0 Å². The van der Waals surface area contributed by atoms with Crippen LogP contribution in [-0.2, 0) is 23.4 Å². The van der Waals surface area contributed by atoms with Crippen molar-refractivity contribution in [3.05, 3.63) is 11.6 Å². The second kappa shape index (κ2) is 13.6. The SMILES string of the molecule is CCOC(=O)[C@@H](CC)C[C@@H](OCOC)C(C)[C@H]1CC[C@H]2[C@@H]3CC=C4C[C@@H](O[Si](C)(C)C(C)(C)C)CC[C@]4(C)[C@H]3CC[C@]12C. The number of hydrogen-bond acceptors (Lipinski definition) is 5. The summed E-state index contributed by atoms with van der Waals surface area (Å²) >= 11 is 0. The third kappa shape index (κ3) is 6.88. The van der Waals surface area contributed by atoms with Crippen molar-refractivity contribution >= 4 is 14.3 Å². The molecular formula is C37H66O5Si. The van der Waals surface area contributed by atoms with Crippen molar-refractivity contribution in [1.82, 2.24) is 0 Å². The predicted octanol–water partition coefficient (Wildman–Crippen LogP) is 9.56. The second-order valence-corrected chi connectivity index (χ2v) is 21.6. The van der Waals surface area contributed by atoms with E-state index in [1.807, 2.05) is 6.92 Å². The van der Waals surface area contributed by atoms with Gasteiger partial charge in [0.05, 0.1) is 18.6 Å². The van der Waals surface area contributed by atoms with Crippen molar-refractivity contribution in [2.24, 2.45) is 46.3 Å². The van der Waals surface area contributed by atoms with Crippen LogP contribution in [-0.4, -0.2) is 47.0 Å². The summed E-state index contributed by atoms with van der Waals surface area (Å²) in [5.74, 6) is 3.12. The predicted molar refractivity (Wildman–Crippen MR) is 178 cm³/mol. The van der Waals surface area contributed by atoms with Crippen LogP contribution in [0.3, 0.4) is 0 Å². The van der Waals surface area contributed by atoms with E-state index < -0.39 is 8.32 Å². The maximum atomic E-state index is 12.7. The molecule has 4 aliphatic rings. The number of carbonyl (C=O) groups excluding carboxylic acids is 1. The lowest BCUT2D eigenvalue weighted by Gasteiger charge is -2.59. The largest absolute Gasteiger partial charge is 0.466 e. The molecular weight excluding hydrogens is 552 g/mol. The van der Waals surface area contributed by atoms with Crippen molar-refractivity contribution in [1.29, 1.82) is 0 Å². The van der Waals surface area contributed by atoms with Crippen LogP contribution in [0.4, 0.5) is 0 Å². The third-order valence-corrected chi connectivity index (χ3v) is 18.2. The highest BCUT2D eigenvalue weighted by Crippen LogP contribution is 2.67. The van der Waals surface area contributed by atoms with Crippen molar-refractivity contribution < 1.29 is 23.4 Å². The minimum Gasteiger partial charge on any atom is -0.466 e. The van der Waals surface area contributed by atoms with E-state index in [1.165, 1.54) is 44.9 Å². The Morgan fingerprint density at radius 2 is 1.79 bits per heavy atom. The van der Waals surface area contributed by atoms with Gasteiger partial charge in [0, 0.05) is 13.2 Å². The van der Waals surface area contributed by atoms with Gasteiger partial charge in [-0.1, -0.05) is 60.1 Å². The van der Waals surface area contributed by atoms with Crippen molar-refractivity contribution in [3.63, 3.8) is 0 Å². The standard InChI is InChI=1S/C37H66O5Si/c1-12-26(34(38)40-13-2)22-33(41-24-39-9)25(3)30-16-17-31-29-15-14-27-23-28(42-43(10,11)35(4,5)6)18-20-36(27,7)32(29)19-21-37(30,31)8/h14,25-26,28-33H,12-13,15-24H2,1-11H3/t25?,26-,28-,29-,30+,31-,32-,33+,36-,37+/m0/s1. The van der Waals surface area contributed by atoms with Crippen LogP contribution in [0.2, 0.25) is 18.1 Å². The molecule has 0 aromatic carbocycles. The third-order valence-electron chi connectivity index (χ3n) is 13.7. The highest BCUT2D eigenvalue weighted by molar-refractivity contribution is 6.74. The van der Waals surface area contributed by atoms with E-state index in [-0.39, 0.29) is 29.8 Å². The Balaban J connectivity index is 1.49. The van der Waals surface area contributed by atoms with Crippen molar-refractivity contribution in [2.45, 2.75) is 150 Å². The molecule has 0 aromatic heterocycles. The molecule has 0 bridgehead atoms. The van der Waals surface area contributed by atoms with Gasteiger partial charge in [-0.05, 0) is 130 Å². The van der Waals surface area contributed by atoms with Gasteiger partial charge < -0.3 is 18.6 Å². The van der Waals surface area contributed by atoms with Gasteiger partial charge in [-0.15, -0.1) is 0 Å². The molecule has 0 heterocycles. The minimum atomic E-state index is -1.77. The molecule has 0 saturated heterocycles. The van der Waals surface area contributed by atoms with Crippen molar-refractivity contribution in [2.75, 3.05) is 20.5 Å². The van der Waals surface area contributed by atoms with Gasteiger partial charge in [-0.3, -0.25) is 4.79 Å². The van der Waals surface area contributed by atoms with Gasteiger partial charge in [0.1, 0.15) is 6.79 Å². The van der Waals surface area contributed by atoms with Crippen LogP contribution in [0, 0.1) is 46.3 Å². The van der Waals surface area contributed by atoms with E-state index in [4.69, 9.17) is 18.6 Å². The fourth-order valence-corrected chi connectivity index (χ4v) is 11.4. The van der Waals surface area contributed by atoms with E-state index in [0.29, 0.717) is 41.8 Å². The molecule has 43 heavy (non-hydrogen) atoms. The summed E-state index contributed by atoms with van der Waals surface area (Å²) in [5, 5.41) is 0.258. The summed E-state index contributed by atoms with van der Waals surface area (Å²) in [6.45, 7) is 24.2. The molecule has 0 aliphatic heterocycles. The molecule has 3 saturated carbocycles. The maximum Gasteiger partial charge on any atom is 0.309 e. The number of ether oxygens (including phenoxy) is 3. The molecule has 0 spiro atoms. The van der Waals surface area contributed by atoms with Gasteiger partial charge >= 0.3 is 5.97 Å². The summed E-state index contributed by atoms with van der Waals surface area (Å²) in [6, 6.07) is 0. The summed E-state index contributed by atoms with van der Waals surface area (Å²) in [5.41, 5.74) is 2.37. The molecule has 4 rings (SSSR count). The minimum absolute atomic E-state index is 0.000784. The summed E-state index contributed by atoms with van der Waals surface area (Å²) in [4.78, 5) is 12.7. The molecule has 5 nitrogen and oxygen atoms in total. The molecule has 0 amide bonds. The molecule has 6 heteroatoms. The molecule has 1 unspecified atom stereocenters. The summed E-state index contributed by atoms with van der Waals surface area (Å²) in [7, 11) is -0.0750. The number of allylic oxidation sites excluding steroid dienone is 1. The van der Waals surface area contributed by atoms with Gasteiger partial charge in [0.2, 0.25) is 0 Å². The number of carbonyl (C=O) groups is 1. The average Bonchev–Trinajstić information content (AvgIpc) is 3.29. The first kappa shape index (κ1) is 35.2. The Morgan fingerprint density at radius 3 is 2.42 bits per heavy atom. The lowest BCUT2D eigenvalue weighted by atomic mass is 9.47. The van der Waals surface area contributed by atoms with Gasteiger partial charge in [0.15, 0.2) is 8.32 Å². The lowest BCUT2D eigenvalue weighted by molar-refractivity contribution is -0.154. The first-order valence-electron chi connectivity index (χ1n) is 17.8. The molecule has 0 N–H and O–H groups in total. The summed E-state index contributed by atoms with van der Waals surface area (Å²) < 4.78 is 24.1. The number of esters is 1. The molecule has 3 fully saturated rings. The van der Waals surface area contributed by atoms with Crippen LogP contribution in [0.1, 0.15) is 120 Å². The van der Waals surface area contributed by atoms with E-state index in [0.717, 1.165) is 30.6 Å². The van der Waals surface area contributed by atoms with E-state index in [9.17, 15) is 4.79 Å². The monoisotopic (exact) mass is 618 g/mol. The smallest absolute Gasteiger partial charge is 0.309 e. The number of rotatable bonds is 12. The van der Waals surface area contributed by atoms with Crippen molar-refractivity contribution in [3.8, 4) is 0 Å². The molecule has 0 radical (unpaired) electrons. The molecule has 0 aromatic rings. The van der Waals surface area contributed by atoms with Gasteiger partial charge in [0.25, 0.3) is 0 Å². The fourth-order valence-electron chi connectivity index (χ4n) is 10.0. The van der Waals surface area contributed by atoms with E-state index in [1.54, 1.807) is 12.7 Å². The molecule has 10 atom stereocenters. The first-order valence-corrected chi connectivity index (χ1v) is 20.7. The lowest BCUT2D eigenvalue weighted by Crippen LogP contribution is -2.52. The van der Waals surface area contributed by atoms with Gasteiger partial charge in [-0.25, -0.2) is 0 Å². The highest BCUT2D eigenvalue weighted by atomic mass is 28.4. The van der Waals surface area contributed by atoms with E-state index >= 15 is 0 Å². The van der Waals surface area contributed by atoms with Gasteiger partial charge in [-0.2, -0.15) is 0 Å². The van der Waals surface area contributed by atoms with Crippen LogP contribution in [0.25, 0.3) is 0 Å². The zero-order valence-electron chi connectivity index (χ0n) is 29.7. The number of fused-ring (bicyclic) bond motifs is 5. The number of hydrogen-bond donors (Lipinski definition) is 0. The normalized spacial score (nSPS) is 36.5. The first-order chi connectivity index (χ1) is 20.1.